The summed E-state index contributed by atoms with van der Waals surface area (Å²) in [6.07, 6.45) is 4.65. The highest BCUT2D eigenvalue weighted by molar-refractivity contribution is 6.32. The minimum Gasteiger partial charge on any atom is -0.298 e. The van der Waals surface area contributed by atoms with Gasteiger partial charge in [-0.3, -0.25) is 14.9 Å². The number of rotatable bonds is 4. The summed E-state index contributed by atoms with van der Waals surface area (Å²) in [4.78, 5) is 22.6. The van der Waals surface area contributed by atoms with Crippen LogP contribution in [0.25, 0.3) is 22.9 Å². The molecule has 4 aromatic carbocycles. The van der Waals surface area contributed by atoms with E-state index in [0.29, 0.717) is 16.3 Å². The van der Waals surface area contributed by atoms with E-state index in [1.165, 1.54) is 12.1 Å². The third kappa shape index (κ3) is 3.86. The summed E-state index contributed by atoms with van der Waals surface area (Å²) in [6.45, 7) is 0. The molecule has 0 saturated carbocycles. The second-order valence-corrected chi connectivity index (χ2v) is 7.20. The molecule has 0 fully saturated rings. The molecule has 0 aromatic heterocycles. The molecule has 0 radical (unpaired) electrons. The molecule has 30 heavy (non-hydrogen) atoms. The van der Waals surface area contributed by atoms with E-state index in [-0.39, 0.29) is 10.7 Å². The van der Waals surface area contributed by atoms with Crippen LogP contribution in [0.5, 0.6) is 0 Å². The summed E-state index contributed by atoms with van der Waals surface area (Å²) >= 11 is 6.32. The van der Waals surface area contributed by atoms with E-state index in [0.717, 1.165) is 27.8 Å². The van der Waals surface area contributed by atoms with Crippen molar-refractivity contribution in [3.8, 4) is 0 Å². The highest BCUT2D eigenvalue weighted by atomic mass is 35.5. The molecule has 0 heterocycles. The molecule has 0 atom stereocenters. The Hall–Kier alpha value is -3.76. The first-order chi connectivity index (χ1) is 14.6. The van der Waals surface area contributed by atoms with Gasteiger partial charge in [0.05, 0.1) is 9.95 Å². The zero-order valence-corrected chi connectivity index (χ0v) is 16.5. The summed E-state index contributed by atoms with van der Waals surface area (Å²) in [6, 6.07) is 23.8. The van der Waals surface area contributed by atoms with Crippen LogP contribution >= 0.6 is 11.6 Å². The SMILES string of the molecule is O=Cc1c(=Cc2ccc([N+](=O)[O-])cc2Cl)c(=Cc2ccccc2)cc2ccccc12. The van der Waals surface area contributed by atoms with E-state index in [2.05, 4.69) is 0 Å². The van der Waals surface area contributed by atoms with Crippen LogP contribution in [0.15, 0.2) is 78.9 Å². The number of aldehydes is 1. The molecule has 0 spiro atoms. The van der Waals surface area contributed by atoms with Gasteiger partial charge in [0.15, 0.2) is 6.29 Å². The molecule has 146 valence electrons. The number of hydrogen-bond donors (Lipinski definition) is 0. The van der Waals surface area contributed by atoms with E-state index in [1.54, 1.807) is 12.1 Å². The van der Waals surface area contributed by atoms with Gasteiger partial charge in [-0.1, -0.05) is 66.2 Å². The van der Waals surface area contributed by atoms with Crippen molar-refractivity contribution in [2.24, 2.45) is 0 Å². The van der Waals surface area contributed by atoms with E-state index in [4.69, 9.17) is 11.6 Å². The summed E-state index contributed by atoms with van der Waals surface area (Å²) in [5.74, 6) is 0. The summed E-state index contributed by atoms with van der Waals surface area (Å²) in [5.41, 5.74) is 2.06. The maximum absolute atomic E-state index is 12.1. The van der Waals surface area contributed by atoms with Crippen LogP contribution in [0.1, 0.15) is 21.5 Å². The maximum Gasteiger partial charge on any atom is 0.270 e. The van der Waals surface area contributed by atoms with Gasteiger partial charge in [0.1, 0.15) is 0 Å². The van der Waals surface area contributed by atoms with Crippen LogP contribution < -0.4 is 10.4 Å². The number of carbonyl (C=O) groups is 1. The molecule has 0 aliphatic carbocycles. The molecule has 0 N–H and O–H groups in total. The number of hydrogen-bond acceptors (Lipinski definition) is 3. The van der Waals surface area contributed by atoms with Crippen molar-refractivity contribution in [3.63, 3.8) is 0 Å². The van der Waals surface area contributed by atoms with Gasteiger partial charge in [-0.15, -0.1) is 0 Å². The lowest BCUT2D eigenvalue weighted by atomic mass is 9.98. The van der Waals surface area contributed by atoms with Crippen molar-refractivity contribution in [1.82, 2.24) is 0 Å². The fourth-order valence-electron chi connectivity index (χ4n) is 3.45. The molecular weight excluding hydrogens is 398 g/mol. The largest absolute Gasteiger partial charge is 0.298 e. The van der Waals surface area contributed by atoms with Gasteiger partial charge >= 0.3 is 0 Å². The Morgan fingerprint density at radius 3 is 2.30 bits per heavy atom. The van der Waals surface area contributed by atoms with E-state index >= 15 is 0 Å². The van der Waals surface area contributed by atoms with Crippen molar-refractivity contribution < 1.29 is 9.72 Å². The van der Waals surface area contributed by atoms with Crippen molar-refractivity contribution >= 4 is 46.5 Å². The molecule has 0 aliphatic rings. The minimum atomic E-state index is -0.489. The molecule has 0 unspecified atom stereocenters. The van der Waals surface area contributed by atoms with Crippen LogP contribution in [-0.4, -0.2) is 11.2 Å². The van der Waals surface area contributed by atoms with Gasteiger partial charge in [-0.25, -0.2) is 0 Å². The van der Waals surface area contributed by atoms with Gasteiger partial charge in [0.25, 0.3) is 5.69 Å². The van der Waals surface area contributed by atoms with E-state index in [1.807, 2.05) is 66.7 Å². The summed E-state index contributed by atoms with van der Waals surface area (Å²) < 4.78 is 0. The number of halogens is 1. The Balaban J connectivity index is 2.08. The normalized spacial score (nSPS) is 12.3. The number of nitro groups is 1. The highest BCUT2D eigenvalue weighted by Gasteiger charge is 2.10. The average molecular weight is 414 g/mol. The topological polar surface area (TPSA) is 60.2 Å². The Bertz CT molecular complexity index is 1400. The lowest BCUT2D eigenvalue weighted by molar-refractivity contribution is -0.384. The maximum atomic E-state index is 12.1. The van der Waals surface area contributed by atoms with Gasteiger partial charge in [0, 0.05) is 17.7 Å². The third-order valence-electron chi connectivity index (χ3n) is 4.90. The van der Waals surface area contributed by atoms with E-state index in [9.17, 15) is 14.9 Å². The number of benzene rings is 4. The van der Waals surface area contributed by atoms with Crippen LogP contribution in [0.4, 0.5) is 5.69 Å². The smallest absolute Gasteiger partial charge is 0.270 e. The number of nitro benzene ring substituents is 1. The Kier molecular flexibility index (Phi) is 5.42. The molecule has 4 nitrogen and oxygen atoms in total. The second kappa shape index (κ2) is 8.31. The number of non-ortho nitro benzene ring substituents is 1. The van der Waals surface area contributed by atoms with Crippen LogP contribution in [0.2, 0.25) is 5.02 Å². The van der Waals surface area contributed by atoms with Gasteiger partial charge in [0.2, 0.25) is 0 Å². The van der Waals surface area contributed by atoms with Crippen LogP contribution in [-0.2, 0) is 0 Å². The number of carbonyl (C=O) groups excluding carboxylic acids is 1. The van der Waals surface area contributed by atoms with Crippen molar-refractivity contribution in [2.75, 3.05) is 0 Å². The Morgan fingerprint density at radius 1 is 0.867 bits per heavy atom. The quantitative estimate of drug-likeness (QED) is 0.272. The Morgan fingerprint density at radius 2 is 1.60 bits per heavy atom. The fraction of sp³-hybridized carbons (Fsp3) is 0. The zero-order chi connectivity index (χ0) is 21.1. The summed E-state index contributed by atoms with van der Waals surface area (Å²) in [5, 5.41) is 14.6. The van der Waals surface area contributed by atoms with Gasteiger partial charge in [-0.05, 0) is 56.6 Å². The van der Waals surface area contributed by atoms with Crippen LogP contribution in [0.3, 0.4) is 0 Å². The van der Waals surface area contributed by atoms with Crippen LogP contribution in [0, 0.1) is 10.1 Å². The first-order valence-electron chi connectivity index (χ1n) is 9.26. The summed E-state index contributed by atoms with van der Waals surface area (Å²) in [7, 11) is 0. The molecule has 4 rings (SSSR count). The molecule has 4 aromatic rings. The zero-order valence-electron chi connectivity index (χ0n) is 15.8. The van der Waals surface area contributed by atoms with E-state index < -0.39 is 4.92 Å². The highest BCUT2D eigenvalue weighted by Crippen LogP contribution is 2.23. The lowest BCUT2D eigenvalue weighted by Crippen LogP contribution is -2.29. The number of fused-ring (bicyclic) bond motifs is 1. The molecular formula is C25H16ClNO3. The lowest BCUT2D eigenvalue weighted by Gasteiger charge is -2.06. The fourth-order valence-corrected chi connectivity index (χ4v) is 3.68. The first-order valence-corrected chi connectivity index (χ1v) is 9.64. The molecule has 0 amide bonds. The minimum absolute atomic E-state index is 0.0812. The molecule has 0 saturated heterocycles. The number of nitrogens with zero attached hydrogens (tertiary/aromatic N) is 1. The second-order valence-electron chi connectivity index (χ2n) is 6.79. The molecule has 0 bridgehead atoms. The van der Waals surface area contributed by atoms with Crippen molar-refractivity contribution in [1.29, 1.82) is 0 Å². The molecule has 5 heteroatoms. The predicted octanol–water partition coefficient (Wildman–Crippen LogP) is 4.87. The van der Waals surface area contributed by atoms with Crippen molar-refractivity contribution in [3.05, 3.63) is 121 Å². The van der Waals surface area contributed by atoms with Gasteiger partial charge < -0.3 is 0 Å². The third-order valence-corrected chi connectivity index (χ3v) is 5.22. The van der Waals surface area contributed by atoms with Gasteiger partial charge in [-0.2, -0.15) is 0 Å². The first kappa shape index (κ1) is 19.6. The average Bonchev–Trinajstić information content (AvgIpc) is 2.76. The van der Waals surface area contributed by atoms with Crippen molar-refractivity contribution in [2.45, 2.75) is 0 Å². The predicted molar refractivity (Wildman–Crippen MR) is 120 cm³/mol. The monoisotopic (exact) mass is 413 g/mol. The standard InChI is InChI=1S/C25H16ClNO3/c26-25-15-21(27(29)30)11-10-19(25)14-23-20(12-17-6-2-1-3-7-17)13-18-8-4-5-9-22(18)24(23)16-28/h1-16H. The molecule has 0 aliphatic heterocycles. The Labute approximate surface area is 177 Å².